The van der Waals surface area contributed by atoms with Gasteiger partial charge in [0.05, 0.1) is 13.2 Å². The number of hydrogen-bond acceptors (Lipinski definition) is 4. The van der Waals surface area contributed by atoms with E-state index in [0.29, 0.717) is 6.04 Å². The van der Waals surface area contributed by atoms with Crippen molar-refractivity contribution in [1.82, 2.24) is 10.2 Å². The van der Waals surface area contributed by atoms with Crippen molar-refractivity contribution in [3.05, 3.63) is 0 Å². The molecule has 122 valence electrons. The highest BCUT2D eigenvalue weighted by Crippen LogP contribution is 2.36. The molecule has 0 unspecified atom stereocenters. The first-order valence-corrected chi connectivity index (χ1v) is 9.06. The standard InChI is InChI=1S/C17H32N2O2/c1-2-3-10-19-11-6-16(7-12-19)18-15-4-8-17(9-5-15)20-13-14-21-17/h15-16,18H,2-14H2,1H3. The van der Waals surface area contributed by atoms with E-state index in [2.05, 4.69) is 17.1 Å². The highest BCUT2D eigenvalue weighted by atomic mass is 16.7. The Bertz CT molecular complexity index is 300. The zero-order chi connectivity index (χ0) is 14.5. The van der Waals surface area contributed by atoms with Crippen molar-refractivity contribution in [2.45, 2.75) is 76.2 Å². The molecule has 0 amide bonds. The van der Waals surface area contributed by atoms with E-state index >= 15 is 0 Å². The molecule has 4 heteroatoms. The van der Waals surface area contributed by atoms with Crippen molar-refractivity contribution < 1.29 is 9.47 Å². The van der Waals surface area contributed by atoms with Crippen LogP contribution in [0, 0.1) is 0 Å². The molecule has 4 nitrogen and oxygen atoms in total. The van der Waals surface area contributed by atoms with Crippen molar-refractivity contribution in [2.75, 3.05) is 32.8 Å². The maximum absolute atomic E-state index is 5.81. The van der Waals surface area contributed by atoms with Crippen LogP contribution in [-0.4, -0.2) is 55.6 Å². The molecule has 3 fully saturated rings. The van der Waals surface area contributed by atoms with Crippen molar-refractivity contribution in [3.63, 3.8) is 0 Å². The van der Waals surface area contributed by atoms with Gasteiger partial charge in [-0.05, 0) is 51.7 Å². The lowest BCUT2D eigenvalue weighted by Gasteiger charge is -2.39. The smallest absolute Gasteiger partial charge is 0.168 e. The maximum Gasteiger partial charge on any atom is 0.168 e. The summed E-state index contributed by atoms with van der Waals surface area (Å²) in [7, 11) is 0. The van der Waals surface area contributed by atoms with Crippen molar-refractivity contribution >= 4 is 0 Å². The lowest BCUT2D eigenvalue weighted by Crippen LogP contribution is -2.49. The Morgan fingerprint density at radius 1 is 1.00 bits per heavy atom. The largest absolute Gasteiger partial charge is 0.348 e. The Morgan fingerprint density at radius 2 is 1.62 bits per heavy atom. The average Bonchev–Trinajstić information content (AvgIpc) is 2.98. The van der Waals surface area contributed by atoms with E-state index < -0.39 is 0 Å². The van der Waals surface area contributed by atoms with Gasteiger partial charge >= 0.3 is 0 Å². The van der Waals surface area contributed by atoms with Crippen LogP contribution >= 0.6 is 0 Å². The third-order valence-electron chi connectivity index (χ3n) is 5.45. The van der Waals surface area contributed by atoms with Crippen LogP contribution in [0.3, 0.4) is 0 Å². The van der Waals surface area contributed by atoms with E-state index in [1.54, 1.807) is 0 Å². The molecule has 1 saturated carbocycles. The topological polar surface area (TPSA) is 33.7 Å². The van der Waals surface area contributed by atoms with Gasteiger partial charge in [0.25, 0.3) is 0 Å². The number of rotatable bonds is 5. The molecule has 1 N–H and O–H groups in total. The summed E-state index contributed by atoms with van der Waals surface area (Å²) >= 11 is 0. The van der Waals surface area contributed by atoms with E-state index in [1.165, 1.54) is 58.2 Å². The van der Waals surface area contributed by atoms with Crippen LogP contribution in [0.4, 0.5) is 0 Å². The van der Waals surface area contributed by atoms with E-state index in [0.717, 1.165) is 32.1 Å². The zero-order valence-electron chi connectivity index (χ0n) is 13.6. The fraction of sp³-hybridized carbons (Fsp3) is 1.00. The number of unbranched alkanes of at least 4 members (excludes halogenated alkanes) is 1. The summed E-state index contributed by atoms with van der Waals surface area (Å²) in [5.41, 5.74) is 0. The molecule has 0 aromatic rings. The van der Waals surface area contributed by atoms with Crippen LogP contribution in [0.1, 0.15) is 58.3 Å². The van der Waals surface area contributed by atoms with Gasteiger partial charge in [0.1, 0.15) is 0 Å². The normalized spacial score (nSPS) is 28.4. The molecule has 2 saturated heterocycles. The van der Waals surface area contributed by atoms with Crippen LogP contribution in [0.25, 0.3) is 0 Å². The summed E-state index contributed by atoms with van der Waals surface area (Å²) < 4.78 is 11.6. The molecular weight excluding hydrogens is 264 g/mol. The SMILES string of the molecule is CCCCN1CCC(NC2CCC3(CC2)OCCO3)CC1. The molecule has 0 radical (unpaired) electrons. The van der Waals surface area contributed by atoms with Gasteiger partial charge in [0, 0.05) is 24.9 Å². The molecule has 1 spiro atoms. The highest BCUT2D eigenvalue weighted by Gasteiger charge is 2.40. The third kappa shape index (κ3) is 4.19. The summed E-state index contributed by atoms with van der Waals surface area (Å²) in [6.45, 7) is 7.70. The summed E-state index contributed by atoms with van der Waals surface area (Å²) in [6.07, 6.45) is 9.85. The molecular formula is C17H32N2O2. The molecule has 2 aliphatic heterocycles. The van der Waals surface area contributed by atoms with E-state index in [1.807, 2.05) is 0 Å². The van der Waals surface area contributed by atoms with Gasteiger partial charge in [-0.2, -0.15) is 0 Å². The van der Waals surface area contributed by atoms with Crippen LogP contribution < -0.4 is 5.32 Å². The Balaban J connectivity index is 1.35. The summed E-state index contributed by atoms with van der Waals surface area (Å²) in [4.78, 5) is 2.64. The fourth-order valence-corrected chi connectivity index (χ4v) is 4.05. The first-order valence-electron chi connectivity index (χ1n) is 9.06. The number of piperidine rings is 1. The summed E-state index contributed by atoms with van der Waals surface area (Å²) in [5, 5.41) is 3.90. The molecule has 1 aliphatic carbocycles. The van der Waals surface area contributed by atoms with Gasteiger partial charge in [0.2, 0.25) is 0 Å². The highest BCUT2D eigenvalue weighted by molar-refractivity contribution is 4.88. The molecule has 21 heavy (non-hydrogen) atoms. The average molecular weight is 296 g/mol. The van der Waals surface area contributed by atoms with Gasteiger partial charge < -0.3 is 19.7 Å². The van der Waals surface area contributed by atoms with Gasteiger partial charge in [-0.25, -0.2) is 0 Å². The molecule has 0 atom stereocenters. The summed E-state index contributed by atoms with van der Waals surface area (Å²) in [6, 6.07) is 1.41. The summed E-state index contributed by atoms with van der Waals surface area (Å²) in [5.74, 6) is -0.207. The molecule has 0 aromatic heterocycles. The van der Waals surface area contributed by atoms with Crippen molar-refractivity contribution in [1.29, 1.82) is 0 Å². The van der Waals surface area contributed by atoms with Crippen molar-refractivity contribution in [3.8, 4) is 0 Å². The predicted octanol–water partition coefficient (Wildman–Crippen LogP) is 2.53. The van der Waals surface area contributed by atoms with Crippen LogP contribution in [0.15, 0.2) is 0 Å². The van der Waals surface area contributed by atoms with E-state index in [-0.39, 0.29) is 5.79 Å². The Hall–Kier alpha value is -0.160. The molecule has 3 rings (SSSR count). The molecule has 0 aromatic carbocycles. The van der Waals surface area contributed by atoms with E-state index in [9.17, 15) is 0 Å². The molecule has 0 bridgehead atoms. The van der Waals surface area contributed by atoms with Crippen molar-refractivity contribution in [2.24, 2.45) is 0 Å². The van der Waals surface area contributed by atoms with E-state index in [4.69, 9.17) is 9.47 Å². The molecule has 2 heterocycles. The van der Waals surface area contributed by atoms with Gasteiger partial charge in [-0.1, -0.05) is 13.3 Å². The second-order valence-electron chi connectivity index (χ2n) is 7.02. The van der Waals surface area contributed by atoms with Crippen LogP contribution in [0.5, 0.6) is 0 Å². The second-order valence-corrected chi connectivity index (χ2v) is 7.02. The Labute approximate surface area is 129 Å². The lowest BCUT2D eigenvalue weighted by atomic mass is 9.89. The fourth-order valence-electron chi connectivity index (χ4n) is 4.05. The van der Waals surface area contributed by atoms with Gasteiger partial charge in [-0.3, -0.25) is 0 Å². The van der Waals surface area contributed by atoms with Gasteiger partial charge in [0.15, 0.2) is 5.79 Å². The number of nitrogens with one attached hydrogen (secondary N) is 1. The first kappa shape index (κ1) is 15.7. The minimum atomic E-state index is -0.207. The third-order valence-corrected chi connectivity index (χ3v) is 5.45. The van der Waals surface area contributed by atoms with Crippen LogP contribution in [0.2, 0.25) is 0 Å². The molecule has 3 aliphatic rings. The Kier molecular flexibility index (Phi) is 5.54. The van der Waals surface area contributed by atoms with Gasteiger partial charge in [-0.15, -0.1) is 0 Å². The number of hydrogen-bond donors (Lipinski definition) is 1. The first-order chi connectivity index (χ1) is 10.3. The maximum atomic E-state index is 5.81. The lowest BCUT2D eigenvalue weighted by molar-refractivity contribution is -0.179. The quantitative estimate of drug-likeness (QED) is 0.845. The number of ether oxygens (including phenoxy) is 2. The monoisotopic (exact) mass is 296 g/mol. The Morgan fingerprint density at radius 3 is 2.24 bits per heavy atom. The second kappa shape index (κ2) is 7.40. The minimum Gasteiger partial charge on any atom is -0.348 e. The van der Waals surface area contributed by atoms with Crippen LogP contribution in [-0.2, 0) is 9.47 Å². The zero-order valence-corrected chi connectivity index (χ0v) is 13.6. The minimum absolute atomic E-state index is 0.207. The number of nitrogens with zero attached hydrogens (tertiary/aromatic N) is 1. The number of likely N-dealkylation sites (tertiary alicyclic amines) is 1. The predicted molar refractivity (Wildman–Crippen MR) is 84.4 cm³/mol.